The van der Waals surface area contributed by atoms with E-state index in [9.17, 15) is 22.9 Å². The van der Waals surface area contributed by atoms with Gasteiger partial charge in [-0.25, -0.2) is 17.6 Å². The monoisotopic (exact) mass is 488 g/mol. The van der Waals surface area contributed by atoms with E-state index >= 15 is 0 Å². The van der Waals surface area contributed by atoms with Gasteiger partial charge in [0.05, 0.1) is 17.4 Å². The van der Waals surface area contributed by atoms with E-state index in [1.807, 2.05) is 6.07 Å². The van der Waals surface area contributed by atoms with Gasteiger partial charge in [0.25, 0.3) is 0 Å². The van der Waals surface area contributed by atoms with Gasteiger partial charge < -0.3 is 10.1 Å². The van der Waals surface area contributed by atoms with E-state index in [0.717, 1.165) is 0 Å². The summed E-state index contributed by atoms with van der Waals surface area (Å²) < 4.78 is 45.6. The zero-order valence-corrected chi connectivity index (χ0v) is 19.4. The number of alkyl carbamates (subject to hydrolysis) is 1. The summed E-state index contributed by atoms with van der Waals surface area (Å²) in [5.74, 6) is -1.29. The number of ether oxygens (including phenoxy) is 1. The Morgan fingerprint density at radius 3 is 2.41 bits per heavy atom. The minimum atomic E-state index is -4.01. The molecular formula is C20H26BrFN2O4S. The molecule has 1 aromatic rings. The van der Waals surface area contributed by atoms with Gasteiger partial charge in [-0.05, 0) is 58.7 Å². The minimum Gasteiger partial charge on any atom is -0.444 e. The standard InChI is InChI=1S/C20H26BrFN2O4S/c1-18(2,3)28-17(25)24-19(4,15-11-14(21)7-8-16(15)22)13-29(26,27)20(12-23)9-5-6-10-20/h7-8,11H,5-6,9-10,13H2,1-4H3,(H,24,25)/t19-/m0/s1. The third-order valence-corrected chi connectivity index (χ3v) is 8.13. The zero-order valence-electron chi connectivity index (χ0n) is 17.0. The van der Waals surface area contributed by atoms with Crippen molar-refractivity contribution in [1.82, 2.24) is 5.32 Å². The van der Waals surface area contributed by atoms with Gasteiger partial charge in [0.1, 0.15) is 11.4 Å². The SMILES string of the molecule is CC(C)(C)OC(=O)N[C@@](C)(CS(=O)(=O)C1(C#N)CCCC1)c1cc(Br)ccc1F. The summed E-state index contributed by atoms with van der Waals surface area (Å²) in [6, 6.07) is 6.07. The molecule has 2 rings (SSSR count). The molecule has 0 aliphatic heterocycles. The number of sulfone groups is 1. The largest absolute Gasteiger partial charge is 0.444 e. The number of nitrogens with zero attached hydrogens (tertiary/aromatic N) is 1. The molecule has 1 aliphatic rings. The Morgan fingerprint density at radius 1 is 1.31 bits per heavy atom. The lowest BCUT2D eigenvalue weighted by Crippen LogP contribution is -2.53. The van der Waals surface area contributed by atoms with Gasteiger partial charge in [-0.15, -0.1) is 0 Å². The van der Waals surface area contributed by atoms with E-state index in [0.29, 0.717) is 17.3 Å². The lowest BCUT2D eigenvalue weighted by atomic mass is 9.93. The number of halogens is 2. The van der Waals surface area contributed by atoms with Crippen molar-refractivity contribution >= 4 is 31.9 Å². The van der Waals surface area contributed by atoms with Crippen molar-refractivity contribution in [3.63, 3.8) is 0 Å². The van der Waals surface area contributed by atoms with Crippen molar-refractivity contribution in [2.45, 2.75) is 69.3 Å². The first-order valence-electron chi connectivity index (χ1n) is 9.34. The molecule has 29 heavy (non-hydrogen) atoms. The smallest absolute Gasteiger partial charge is 0.408 e. The van der Waals surface area contributed by atoms with Crippen LogP contribution in [0.4, 0.5) is 9.18 Å². The molecule has 0 bridgehead atoms. The summed E-state index contributed by atoms with van der Waals surface area (Å²) in [6.07, 6.45) is 0.861. The first kappa shape index (κ1) is 23.6. The molecule has 1 atom stereocenters. The quantitative estimate of drug-likeness (QED) is 0.653. The molecule has 0 radical (unpaired) electrons. The number of hydrogen-bond donors (Lipinski definition) is 1. The van der Waals surface area contributed by atoms with E-state index in [-0.39, 0.29) is 18.4 Å². The third kappa shape index (κ3) is 5.28. The van der Waals surface area contributed by atoms with Gasteiger partial charge in [-0.1, -0.05) is 28.8 Å². The van der Waals surface area contributed by atoms with Crippen LogP contribution >= 0.6 is 15.9 Å². The summed E-state index contributed by atoms with van der Waals surface area (Å²) in [7, 11) is -4.01. The highest BCUT2D eigenvalue weighted by Crippen LogP contribution is 2.40. The van der Waals surface area contributed by atoms with Crippen molar-refractivity contribution in [3.05, 3.63) is 34.1 Å². The number of hydrogen-bond acceptors (Lipinski definition) is 5. The van der Waals surface area contributed by atoms with E-state index in [1.54, 1.807) is 20.8 Å². The fraction of sp³-hybridized carbons (Fsp3) is 0.600. The molecule has 0 heterocycles. The Bertz CT molecular complexity index is 931. The Kier molecular flexibility index (Phi) is 6.70. The molecule has 1 N–H and O–H groups in total. The second-order valence-electron chi connectivity index (χ2n) is 8.66. The summed E-state index contributed by atoms with van der Waals surface area (Å²) in [6.45, 7) is 6.44. The summed E-state index contributed by atoms with van der Waals surface area (Å²) in [5.41, 5.74) is -2.46. The highest BCUT2D eigenvalue weighted by Gasteiger charge is 2.50. The van der Waals surface area contributed by atoms with Crippen molar-refractivity contribution in [2.75, 3.05) is 5.75 Å². The summed E-state index contributed by atoms with van der Waals surface area (Å²) >= 11 is 3.26. The highest BCUT2D eigenvalue weighted by atomic mass is 79.9. The normalized spacial score (nSPS) is 18.5. The van der Waals surface area contributed by atoms with Gasteiger partial charge in [-0.2, -0.15) is 5.26 Å². The van der Waals surface area contributed by atoms with Gasteiger partial charge in [-0.3, -0.25) is 0 Å². The average molecular weight is 489 g/mol. The van der Waals surface area contributed by atoms with Crippen LogP contribution in [0, 0.1) is 17.1 Å². The molecule has 0 spiro atoms. The van der Waals surface area contributed by atoms with Crippen molar-refractivity contribution in [1.29, 1.82) is 5.26 Å². The molecule has 1 amide bonds. The van der Waals surface area contributed by atoms with Crippen LogP contribution in [0.2, 0.25) is 0 Å². The summed E-state index contributed by atoms with van der Waals surface area (Å²) in [5, 5.41) is 12.2. The van der Waals surface area contributed by atoms with Crippen molar-refractivity contribution in [3.8, 4) is 6.07 Å². The molecule has 160 valence electrons. The van der Waals surface area contributed by atoms with Gasteiger partial charge in [0.15, 0.2) is 14.6 Å². The molecule has 1 saturated carbocycles. The van der Waals surface area contributed by atoms with Gasteiger partial charge >= 0.3 is 6.09 Å². The van der Waals surface area contributed by atoms with Crippen LogP contribution in [0.15, 0.2) is 22.7 Å². The topological polar surface area (TPSA) is 96.3 Å². The van der Waals surface area contributed by atoms with Crippen molar-refractivity contribution in [2.24, 2.45) is 0 Å². The number of rotatable bonds is 5. The molecule has 9 heteroatoms. The maximum absolute atomic E-state index is 14.7. The molecular weight excluding hydrogens is 463 g/mol. The lowest BCUT2D eigenvalue weighted by Gasteiger charge is -2.35. The minimum absolute atomic E-state index is 0.00704. The lowest BCUT2D eigenvalue weighted by molar-refractivity contribution is 0.0470. The van der Waals surface area contributed by atoms with Crippen LogP contribution in [0.25, 0.3) is 0 Å². The Hall–Kier alpha value is -1.66. The fourth-order valence-corrected chi connectivity index (χ4v) is 6.26. The maximum atomic E-state index is 14.7. The molecule has 1 aromatic carbocycles. The molecule has 1 fully saturated rings. The Balaban J connectivity index is 2.51. The first-order valence-corrected chi connectivity index (χ1v) is 11.8. The number of carbonyl (C=O) groups excluding carboxylic acids is 1. The maximum Gasteiger partial charge on any atom is 0.408 e. The van der Waals surface area contributed by atoms with Crippen LogP contribution in [-0.4, -0.2) is 30.6 Å². The molecule has 0 saturated heterocycles. The number of benzene rings is 1. The second-order valence-corrected chi connectivity index (χ2v) is 11.9. The van der Waals surface area contributed by atoms with Crippen LogP contribution in [0.1, 0.15) is 58.9 Å². The van der Waals surface area contributed by atoms with Gasteiger partial charge in [0, 0.05) is 10.0 Å². The first-order chi connectivity index (χ1) is 13.2. The fourth-order valence-electron chi connectivity index (χ4n) is 3.59. The average Bonchev–Trinajstić information content (AvgIpc) is 3.05. The number of carbonyl (C=O) groups is 1. The van der Waals surface area contributed by atoms with E-state index in [4.69, 9.17) is 4.74 Å². The van der Waals surface area contributed by atoms with Gasteiger partial charge in [0.2, 0.25) is 0 Å². The Labute approximate surface area is 179 Å². The molecule has 0 unspecified atom stereocenters. The van der Waals surface area contributed by atoms with Crippen molar-refractivity contribution < 1.29 is 22.3 Å². The Morgan fingerprint density at radius 2 is 1.90 bits per heavy atom. The van der Waals surface area contributed by atoms with Crippen LogP contribution in [-0.2, 0) is 20.1 Å². The zero-order chi connectivity index (χ0) is 22.1. The number of nitrogens with one attached hydrogen (secondary N) is 1. The van der Waals surface area contributed by atoms with Crippen LogP contribution < -0.4 is 5.32 Å². The number of nitriles is 1. The molecule has 0 aromatic heterocycles. The summed E-state index contributed by atoms with van der Waals surface area (Å²) in [4.78, 5) is 12.5. The van der Waals surface area contributed by atoms with E-state index in [2.05, 4.69) is 21.2 Å². The van der Waals surface area contributed by atoms with E-state index < -0.39 is 43.4 Å². The van der Waals surface area contributed by atoms with Crippen LogP contribution in [0.3, 0.4) is 0 Å². The highest BCUT2D eigenvalue weighted by molar-refractivity contribution is 9.10. The number of amides is 1. The van der Waals surface area contributed by atoms with Crippen LogP contribution in [0.5, 0.6) is 0 Å². The van der Waals surface area contributed by atoms with E-state index in [1.165, 1.54) is 25.1 Å². The third-order valence-electron chi connectivity index (χ3n) is 4.99. The predicted molar refractivity (Wildman–Crippen MR) is 111 cm³/mol. The molecule has 6 nitrogen and oxygen atoms in total. The predicted octanol–water partition coefficient (Wildman–Crippen LogP) is 4.58. The molecule has 1 aliphatic carbocycles. The second kappa shape index (κ2) is 8.23.